The molecule has 0 aromatic heterocycles. The van der Waals surface area contributed by atoms with Crippen LogP contribution in [0.3, 0.4) is 0 Å². The fourth-order valence-corrected chi connectivity index (χ4v) is 2.03. The predicted molar refractivity (Wildman–Crippen MR) is 82.9 cm³/mol. The summed E-state index contributed by atoms with van der Waals surface area (Å²) in [5.74, 6) is -0.362. The first-order valence-electron chi connectivity index (χ1n) is 6.20. The summed E-state index contributed by atoms with van der Waals surface area (Å²) in [4.78, 5) is 11.3. The molecule has 0 saturated carbocycles. The lowest BCUT2D eigenvalue weighted by Crippen LogP contribution is -2.12. The van der Waals surface area contributed by atoms with Crippen LogP contribution in [-0.2, 0) is 14.9 Å². The van der Waals surface area contributed by atoms with Gasteiger partial charge in [0, 0.05) is 10.5 Å². The summed E-state index contributed by atoms with van der Waals surface area (Å²) in [7, 11) is 0. The Hall–Kier alpha value is -1.29. The molecule has 0 radical (unpaired) electrons. The second-order valence-corrected chi connectivity index (χ2v) is 6.15. The highest BCUT2D eigenvalue weighted by Crippen LogP contribution is 2.32. The lowest BCUT2D eigenvalue weighted by atomic mass is 9.86. The van der Waals surface area contributed by atoms with E-state index in [1.165, 1.54) is 6.08 Å². The highest BCUT2D eigenvalue weighted by Gasteiger charge is 2.16. The van der Waals surface area contributed by atoms with Crippen LogP contribution in [0.1, 0.15) is 38.8 Å². The SMILES string of the molecule is CCOC(=O)/C=C\c1cc(C(C)(C)C)cc(Br)c1N. The van der Waals surface area contributed by atoms with E-state index in [1.807, 2.05) is 12.1 Å². The molecule has 104 valence electrons. The molecule has 3 nitrogen and oxygen atoms in total. The van der Waals surface area contributed by atoms with Crippen molar-refractivity contribution < 1.29 is 9.53 Å². The van der Waals surface area contributed by atoms with Gasteiger partial charge in [-0.25, -0.2) is 4.79 Å². The molecule has 2 N–H and O–H groups in total. The number of benzene rings is 1. The van der Waals surface area contributed by atoms with Crippen molar-refractivity contribution in [3.05, 3.63) is 33.8 Å². The molecular formula is C15H20BrNO2. The molecule has 0 amide bonds. The van der Waals surface area contributed by atoms with E-state index >= 15 is 0 Å². The molecule has 0 aliphatic rings. The normalized spacial score (nSPS) is 11.8. The molecule has 0 spiro atoms. The van der Waals surface area contributed by atoms with E-state index in [2.05, 4.69) is 36.7 Å². The number of nitrogen functional groups attached to an aromatic ring is 1. The minimum Gasteiger partial charge on any atom is -0.463 e. The van der Waals surface area contributed by atoms with Crippen LogP contribution in [0.25, 0.3) is 6.08 Å². The number of hydrogen-bond donors (Lipinski definition) is 1. The zero-order chi connectivity index (χ0) is 14.6. The monoisotopic (exact) mass is 325 g/mol. The van der Waals surface area contributed by atoms with Crippen molar-refractivity contribution in [2.75, 3.05) is 12.3 Å². The van der Waals surface area contributed by atoms with Gasteiger partial charge in [-0.15, -0.1) is 0 Å². The van der Waals surface area contributed by atoms with Gasteiger partial charge in [0.15, 0.2) is 0 Å². The number of esters is 1. The van der Waals surface area contributed by atoms with E-state index in [4.69, 9.17) is 10.5 Å². The van der Waals surface area contributed by atoms with E-state index in [-0.39, 0.29) is 11.4 Å². The second-order valence-electron chi connectivity index (χ2n) is 5.30. The minimum atomic E-state index is -0.362. The zero-order valence-corrected chi connectivity index (χ0v) is 13.4. The third-order valence-corrected chi connectivity index (χ3v) is 3.37. The molecule has 0 aliphatic carbocycles. The second kappa shape index (κ2) is 6.24. The van der Waals surface area contributed by atoms with Gasteiger partial charge in [-0.3, -0.25) is 0 Å². The lowest BCUT2D eigenvalue weighted by Gasteiger charge is -2.21. The van der Waals surface area contributed by atoms with Gasteiger partial charge >= 0.3 is 5.97 Å². The van der Waals surface area contributed by atoms with Crippen LogP contribution in [0.5, 0.6) is 0 Å². The fraction of sp³-hybridized carbons (Fsp3) is 0.400. The maximum absolute atomic E-state index is 11.3. The summed E-state index contributed by atoms with van der Waals surface area (Å²) in [5, 5.41) is 0. The van der Waals surface area contributed by atoms with Crippen LogP contribution in [-0.4, -0.2) is 12.6 Å². The number of carbonyl (C=O) groups is 1. The molecule has 0 aliphatic heterocycles. The molecule has 1 aromatic rings. The molecule has 4 heteroatoms. The maximum Gasteiger partial charge on any atom is 0.330 e. The van der Waals surface area contributed by atoms with Crippen LogP contribution in [0, 0.1) is 0 Å². The van der Waals surface area contributed by atoms with Crippen LogP contribution < -0.4 is 5.73 Å². The first-order chi connectivity index (χ1) is 8.75. The summed E-state index contributed by atoms with van der Waals surface area (Å²) >= 11 is 3.45. The number of rotatable bonds is 3. The molecule has 0 fully saturated rings. The van der Waals surface area contributed by atoms with Crippen molar-refractivity contribution in [1.82, 2.24) is 0 Å². The van der Waals surface area contributed by atoms with E-state index in [0.717, 1.165) is 15.6 Å². The topological polar surface area (TPSA) is 52.3 Å². The molecule has 1 rings (SSSR count). The molecule has 1 aromatic carbocycles. The van der Waals surface area contributed by atoms with Gasteiger partial charge in [-0.2, -0.15) is 0 Å². The standard InChI is InChI=1S/C15H20BrNO2/c1-5-19-13(18)7-6-10-8-11(15(2,3)4)9-12(16)14(10)17/h6-9H,5,17H2,1-4H3/b7-6-. The number of ether oxygens (including phenoxy) is 1. The van der Waals surface area contributed by atoms with Crippen molar-refractivity contribution in [2.24, 2.45) is 0 Å². The molecular weight excluding hydrogens is 306 g/mol. The molecule has 0 unspecified atom stereocenters. The first-order valence-corrected chi connectivity index (χ1v) is 6.99. The van der Waals surface area contributed by atoms with E-state index in [9.17, 15) is 4.79 Å². The summed E-state index contributed by atoms with van der Waals surface area (Å²) < 4.78 is 5.69. The zero-order valence-electron chi connectivity index (χ0n) is 11.8. The Morgan fingerprint density at radius 1 is 1.42 bits per heavy atom. The van der Waals surface area contributed by atoms with Gasteiger partial charge in [0.2, 0.25) is 0 Å². The minimum absolute atomic E-state index is 0.0166. The maximum atomic E-state index is 11.3. The number of halogens is 1. The third kappa shape index (κ3) is 4.39. The Morgan fingerprint density at radius 3 is 2.58 bits per heavy atom. The number of nitrogens with two attached hydrogens (primary N) is 1. The predicted octanol–water partition coefficient (Wildman–Crippen LogP) is 3.91. The molecule has 0 heterocycles. The molecule has 0 atom stereocenters. The van der Waals surface area contributed by atoms with Crippen molar-refractivity contribution in [1.29, 1.82) is 0 Å². The van der Waals surface area contributed by atoms with Crippen molar-refractivity contribution in [2.45, 2.75) is 33.1 Å². The quantitative estimate of drug-likeness (QED) is 0.521. The summed E-state index contributed by atoms with van der Waals surface area (Å²) in [5.41, 5.74) is 8.60. The Bertz CT molecular complexity index is 502. The third-order valence-electron chi connectivity index (χ3n) is 2.71. The molecule has 19 heavy (non-hydrogen) atoms. The Kier molecular flexibility index (Phi) is 5.18. The van der Waals surface area contributed by atoms with Crippen molar-refractivity contribution in [3.8, 4) is 0 Å². The Balaban J connectivity index is 3.13. The molecule has 0 bridgehead atoms. The number of carbonyl (C=O) groups excluding carboxylic acids is 1. The van der Waals surface area contributed by atoms with Gasteiger partial charge in [-0.05, 0) is 57.6 Å². The largest absolute Gasteiger partial charge is 0.463 e. The summed E-state index contributed by atoms with van der Waals surface area (Å²) in [6.45, 7) is 8.53. The smallest absolute Gasteiger partial charge is 0.330 e. The van der Waals surface area contributed by atoms with Gasteiger partial charge in [0.1, 0.15) is 0 Å². The van der Waals surface area contributed by atoms with Gasteiger partial charge in [0.25, 0.3) is 0 Å². The Morgan fingerprint density at radius 2 is 2.05 bits per heavy atom. The highest BCUT2D eigenvalue weighted by molar-refractivity contribution is 9.10. The average Bonchev–Trinajstić information content (AvgIpc) is 2.30. The van der Waals surface area contributed by atoms with Crippen LogP contribution in [0.4, 0.5) is 5.69 Å². The van der Waals surface area contributed by atoms with E-state index in [1.54, 1.807) is 13.0 Å². The van der Waals surface area contributed by atoms with Crippen LogP contribution in [0.2, 0.25) is 0 Å². The summed E-state index contributed by atoms with van der Waals surface area (Å²) in [6, 6.07) is 4.01. The van der Waals surface area contributed by atoms with Gasteiger partial charge in [0.05, 0.1) is 12.3 Å². The molecule has 0 saturated heterocycles. The van der Waals surface area contributed by atoms with Gasteiger partial charge in [-0.1, -0.05) is 20.8 Å². The Labute approximate surface area is 123 Å². The number of anilines is 1. The number of hydrogen-bond acceptors (Lipinski definition) is 3. The van der Waals surface area contributed by atoms with Crippen LogP contribution >= 0.6 is 15.9 Å². The van der Waals surface area contributed by atoms with Gasteiger partial charge < -0.3 is 10.5 Å². The van der Waals surface area contributed by atoms with E-state index in [0.29, 0.717) is 12.3 Å². The highest BCUT2D eigenvalue weighted by atomic mass is 79.9. The van der Waals surface area contributed by atoms with E-state index < -0.39 is 0 Å². The summed E-state index contributed by atoms with van der Waals surface area (Å²) in [6.07, 6.45) is 3.08. The van der Waals surface area contributed by atoms with Crippen LogP contribution in [0.15, 0.2) is 22.7 Å². The first kappa shape index (κ1) is 15.8. The van der Waals surface area contributed by atoms with Crippen molar-refractivity contribution in [3.63, 3.8) is 0 Å². The lowest BCUT2D eigenvalue weighted by molar-refractivity contribution is -0.137. The fourth-order valence-electron chi connectivity index (χ4n) is 1.56. The average molecular weight is 326 g/mol. The van der Waals surface area contributed by atoms with Crippen molar-refractivity contribution >= 4 is 33.7 Å².